The van der Waals surface area contributed by atoms with E-state index in [1.54, 1.807) is 7.11 Å². The summed E-state index contributed by atoms with van der Waals surface area (Å²) in [7, 11) is -1.67. The van der Waals surface area contributed by atoms with Crippen molar-refractivity contribution in [3.05, 3.63) is 81.4 Å². The van der Waals surface area contributed by atoms with Crippen LogP contribution in [0.15, 0.2) is 42.5 Å². The van der Waals surface area contributed by atoms with Crippen LogP contribution in [0.25, 0.3) is 0 Å². The summed E-state index contributed by atoms with van der Waals surface area (Å²) in [6.07, 6.45) is 0. The van der Waals surface area contributed by atoms with Crippen LogP contribution < -0.4 is 13.8 Å². The van der Waals surface area contributed by atoms with Crippen molar-refractivity contribution in [3.63, 3.8) is 0 Å². The van der Waals surface area contributed by atoms with Gasteiger partial charge in [0.25, 0.3) is 0 Å². The molecule has 2 aliphatic heterocycles. The summed E-state index contributed by atoms with van der Waals surface area (Å²) >= 11 is 0. The number of phenolic OH excluding ortho intramolecular Hbond substituents is 1. The molecule has 310 valence electrons. The Morgan fingerprint density at radius 1 is 0.571 bits per heavy atom. The van der Waals surface area contributed by atoms with Crippen LogP contribution in [0.2, 0.25) is 0 Å². The van der Waals surface area contributed by atoms with Gasteiger partial charge in [-0.2, -0.15) is 0 Å². The predicted molar refractivity (Wildman–Crippen MR) is 230 cm³/mol. The van der Waals surface area contributed by atoms with Gasteiger partial charge in [-0.3, -0.25) is 0 Å². The summed E-state index contributed by atoms with van der Waals surface area (Å²) in [6.45, 7) is 36.5. The molecule has 8 nitrogen and oxygen atoms in total. The van der Waals surface area contributed by atoms with Gasteiger partial charge in [-0.1, -0.05) is 135 Å². The van der Waals surface area contributed by atoms with Crippen molar-refractivity contribution in [1.29, 1.82) is 0 Å². The van der Waals surface area contributed by atoms with Crippen LogP contribution in [-0.4, -0.2) is 38.6 Å². The Hall–Kier alpha value is -2.44. The lowest BCUT2D eigenvalue weighted by atomic mass is 9.74. The number of benzene rings is 3. The molecule has 2 saturated heterocycles. The van der Waals surface area contributed by atoms with E-state index in [-0.39, 0.29) is 33.0 Å². The first-order valence-electron chi connectivity index (χ1n) is 19.9. The van der Waals surface area contributed by atoms with Gasteiger partial charge in [0.2, 0.25) is 0 Å². The normalized spacial score (nSPS) is 21.9. The topological polar surface area (TPSA) is 84.8 Å². The van der Waals surface area contributed by atoms with Gasteiger partial charge in [0.1, 0.15) is 23.0 Å². The lowest BCUT2D eigenvalue weighted by molar-refractivity contribution is -0.0673. The van der Waals surface area contributed by atoms with Crippen molar-refractivity contribution < 1.29 is 37.0 Å². The maximum absolute atomic E-state index is 12.0. The number of ether oxygens (including phenoxy) is 1. The first kappa shape index (κ1) is 44.7. The van der Waals surface area contributed by atoms with Gasteiger partial charge >= 0.3 is 17.2 Å². The van der Waals surface area contributed by atoms with Crippen LogP contribution >= 0.6 is 17.2 Å². The second-order valence-electron chi connectivity index (χ2n) is 21.0. The van der Waals surface area contributed by atoms with Crippen LogP contribution in [-0.2, 0) is 45.2 Å². The first-order valence-corrected chi connectivity index (χ1v) is 22.1. The summed E-state index contributed by atoms with van der Waals surface area (Å²) < 4.78 is 43.9. The van der Waals surface area contributed by atoms with Gasteiger partial charge in [-0.25, -0.2) is 0 Å². The summed E-state index contributed by atoms with van der Waals surface area (Å²) in [5.41, 5.74) is 5.98. The average molecular weight is 811 g/mol. The highest BCUT2D eigenvalue weighted by Gasteiger charge is 2.45. The molecule has 0 radical (unpaired) electrons. The number of rotatable bonds is 7. The zero-order valence-electron chi connectivity index (χ0n) is 37.1. The third-order valence-corrected chi connectivity index (χ3v) is 12.8. The molecule has 3 aromatic rings. The molecular weight excluding hydrogens is 742 g/mol. The van der Waals surface area contributed by atoms with Gasteiger partial charge < -0.3 is 37.0 Å². The molecule has 0 aromatic heterocycles. The predicted octanol–water partition coefficient (Wildman–Crippen LogP) is 13.0. The molecule has 1 spiro atoms. The van der Waals surface area contributed by atoms with Gasteiger partial charge in [-0.15, -0.1) is 0 Å². The molecule has 1 atom stereocenters. The minimum absolute atomic E-state index is 0.111. The summed E-state index contributed by atoms with van der Waals surface area (Å²) in [5.74, 6) is 2.38. The van der Waals surface area contributed by atoms with Crippen molar-refractivity contribution in [1.82, 2.24) is 0 Å². The second kappa shape index (κ2) is 16.0. The average Bonchev–Trinajstić information content (AvgIpc) is 3.08. The number of aromatic hydroxyl groups is 1. The molecule has 2 aliphatic rings. The number of methoxy groups -OCH3 is 1. The highest BCUT2D eigenvalue weighted by molar-refractivity contribution is 7.42. The van der Waals surface area contributed by atoms with Gasteiger partial charge in [0.05, 0.1) is 39.0 Å². The molecule has 2 fully saturated rings. The SMILES string of the molecule is COc1ccc(OP2OCC3(CO2)COP(Oc2c(C(C)c4cc(C(C)(C)C)cc(C(C)(C)C)c4O)cc(C(C)(C)C)cc2C(C)(C)C)OC3)cc1C(C)(C)C. The Morgan fingerprint density at radius 3 is 1.46 bits per heavy atom. The molecular formula is C46H68O8P2. The summed E-state index contributed by atoms with van der Waals surface area (Å²) in [6, 6.07) is 14.7. The molecule has 56 heavy (non-hydrogen) atoms. The fourth-order valence-corrected chi connectivity index (χ4v) is 9.42. The van der Waals surface area contributed by atoms with E-state index in [1.807, 2.05) is 18.2 Å². The van der Waals surface area contributed by atoms with E-state index in [9.17, 15) is 5.11 Å². The standard InChI is InChI=1S/C46H68O8P2/c1-29(33-20-30(41(2,3)4)22-36(39(33)47)44(11,12)13)34-21-31(42(5,6)7)23-37(45(14,15)16)40(34)54-56-51-27-46(28-52-56)25-49-55(50-26-46)53-32-18-19-38(48-17)35(24-32)43(8,9)10/h18-24,29,47H,25-28H2,1-17H3. The highest BCUT2D eigenvalue weighted by atomic mass is 31.2. The fraction of sp³-hybridized carbons (Fsp3) is 0.609. The Morgan fingerprint density at radius 2 is 1.02 bits per heavy atom. The second-order valence-corrected chi connectivity index (χ2v) is 23.3. The molecule has 0 aliphatic carbocycles. The monoisotopic (exact) mass is 810 g/mol. The third kappa shape index (κ3) is 10.0. The Bertz CT molecular complexity index is 1850. The van der Waals surface area contributed by atoms with E-state index in [1.165, 1.54) is 11.1 Å². The van der Waals surface area contributed by atoms with Crippen molar-refractivity contribution in [2.45, 2.75) is 144 Å². The van der Waals surface area contributed by atoms with E-state index in [0.29, 0.717) is 37.9 Å². The minimum atomic E-state index is -1.75. The molecule has 0 bridgehead atoms. The molecule has 1 N–H and O–H groups in total. The molecule has 1 unspecified atom stereocenters. The number of hydrogen-bond donors (Lipinski definition) is 1. The van der Waals surface area contributed by atoms with Crippen LogP contribution in [0.3, 0.4) is 0 Å². The number of phenols is 1. The maximum Gasteiger partial charge on any atom is 0.397 e. The Labute approximate surface area is 340 Å². The Balaban J connectivity index is 1.41. The maximum atomic E-state index is 12.0. The van der Waals surface area contributed by atoms with E-state index in [4.69, 9.17) is 31.9 Å². The van der Waals surface area contributed by atoms with Crippen LogP contribution in [0.4, 0.5) is 0 Å². The van der Waals surface area contributed by atoms with Gasteiger partial charge in [0, 0.05) is 28.2 Å². The van der Waals surface area contributed by atoms with Crippen molar-refractivity contribution in [2.24, 2.45) is 5.41 Å². The van der Waals surface area contributed by atoms with Crippen molar-refractivity contribution in [3.8, 4) is 23.0 Å². The van der Waals surface area contributed by atoms with Gasteiger partial charge in [0.15, 0.2) is 0 Å². The highest BCUT2D eigenvalue weighted by Crippen LogP contribution is 2.56. The molecule has 3 aromatic carbocycles. The lowest BCUT2D eigenvalue weighted by Crippen LogP contribution is -2.45. The zero-order chi connectivity index (χ0) is 41.8. The van der Waals surface area contributed by atoms with Crippen LogP contribution in [0.1, 0.15) is 156 Å². The van der Waals surface area contributed by atoms with Crippen LogP contribution in [0.5, 0.6) is 23.0 Å². The molecule has 5 rings (SSSR count). The molecule has 2 heterocycles. The van der Waals surface area contributed by atoms with E-state index >= 15 is 0 Å². The lowest BCUT2D eigenvalue weighted by Gasteiger charge is -2.41. The van der Waals surface area contributed by atoms with Gasteiger partial charge in [-0.05, 0) is 62.0 Å². The van der Waals surface area contributed by atoms with Crippen molar-refractivity contribution in [2.75, 3.05) is 33.5 Å². The summed E-state index contributed by atoms with van der Waals surface area (Å²) in [4.78, 5) is 0. The third-order valence-electron chi connectivity index (χ3n) is 10.8. The smallest absolute Gasteiger partial charge is 0.397 e. The molecule has 0 saturated carbocycles. The first-order chi connectivity index (χ1) is 25.6. The van der Waals surface area contributed by atoms with E-state index < -0.39 is 22.6 Å². The largest absolute Gasteiger partial charge is 0.507 e. The fourth-order valence-electron chi connectivity index (χ4n) is 6.90. The number of hydrogen-bond acceptors (Lipinski definition) is 8. The van der Waals surface area contributed by atoms with E-state index in [2.05, 4.69) is 135 Å². The summed E-state index contributed by atoms with van der Waals surface area (Å²) in [5, 5.41) is 12.0. The van der Waals surface area contributed by atoms with Crippen LogP contribution in [0, 0.1) is 5.41 Å². The Kier molecular flexibility index (Phi) is 12.7. The minimum Gasteiger partial charge on any atom is -0.507 e. The van der Waals surface area contributed by atoms with E-state index in [0.717, 1.165) is 39.3 Å². The molecule has 0 amide bonds. The zero-order valence-corrected chi connectivity index (χ0v) is 38.9. The van der Waals surface area contributed by atoms with Crippen molar-refractivity contribution >= 4 is 17.2 Å². The molecule has 10 heteroatoms. The quantitative estimate of drug-likeness (QED) is 0.236.